The van der Waals surface area contributed by atoms with Crippen LogP contribution in [0.2, 0.25) is 0 Å². The van der Waals surface area contributed by atoms with Crippen LogP contribution < -0.4 is 14.4 Å². The van der Waals surface area contributed by atoms with Gasteiger partial charge in [0.2, 0.25) is 0 Å². The minimum Gasteiger partial charge on any atom is -0.493 e. The number of carbonyl (C=O) groups excluding carboxylic acids is 2. The number of anilines is 1. The highest BCUT2D eigenvalue weighted by Crippen LogP contribution is 2.38. The van der Waals surface area contributed by atoms with Crippen LogP contribution in [0.3, 0.4) is 0 Å². The van der Waals surface area contributed by atoms with E-state index in [1.807, 2.05) is 17.0 Å². The average molecular weight is 396 g/mol. The topological polar surface area (TPSA) is 59.1 Å². The summed E-state index contributed by atoms with van der Waals surface area (Å²) in [6, 6.07) is 10.5. The van der Waals surface area contributed by atoms with Gasteiger partial charge in [-0.05, 0) is 54.5 Å². The number of hydrogen-bond acceptors (Lipinski definition) is 5. The van der Waals surface area contributed by atoms with Crippen LogP contribution in [-0.4, -0.2) is 42.0 Å². The van der Waals surface area contributed by atoms with Gasteiger partial charge in [-0.3, -0.25) is 14.5 Å². The van der Waals surface area contributed by atoms with E-state index in [1.165, 1.54) is 11.8 Å². The van der Waals surface area contributed by atoms with Crippen molar-refractivity contribution >= 4 is 34.7 Å². The number of ketones is 1. The van der Waals surface area contributed by atoms with Gasteiger partial charge in [0.1, 0.15) is 6.04 Å². The maximum absolute atomic E-state index is 13.2. The predicted molar refractivity (Wildman–Crippen MR) is 109 cm³/mol. The van der Waals surface area contributed by atoms with Crippen molar-refractivity contribution in [3.05, 3.63) is 53.1 Å². The molecular weight excluding hydrogens is 376 g/mol. The summed E-state index contributed by atoms with van der Waals surface area (Å²) in [7, 11) is 3.20. The maximum atomic E-state index is 13.2. The van der Waals surface area contributed by atoms with E-state index in [0.717, 1.165) is 11.1 Å². The molecule has 0 saturated carbocycles. The zero-order valence-electron chi connectivity index (χ0n) is 15.9. The number of Topliss-reactive ketones (excluding diaryl/α,β-unsaturated/α-hetero) is 1. The first kappa shape index (κ1) is 18.4. The molecular formula is C21H20N2O4S. The largest absolute Gasteiger partial charge is 0.493 e. The molecule has 0 unspecified atom stereocenters. The van der Waals surface area contributed by atoms with Crippen molar-refractivity contribution < 1.29 is 19.1 Å². The van der Waals surface area contributed by atoms with Crippen molar-refractivity contribution in [1.82, 2.24) is 4.90 Å². The Morgan fingerprint density at radius 1 is 1.11 bits per heavy atom. The number of carbonyl (C=O) groups is 2. The molecule has 2 aromatic carbocycles. The van der Waals surface area contributed by atoms with Gasteiger partial charge in [0.25, 0.3) is 5.91 Å². The third kappa shape index (κ3) is 2.82. The molecule has 2 heterocycles. The smallest absolute Gasteiger partial charge is 0.256 e. The number of hydrogen-bond donors (Lipinski definition) is 0. The van der Waals surface area contributed by atoms with Crippen LogP contribution in [0.15, 0.2) is 36.4 Å². The van der Waals surface area contributed by atoms with Crippen molar-refractivity contribution in [3.63, 3.8) is 0 Å². The third-order valence-electron chi connectivity index (χ3n) is 5.29. The number of amides is 1. The molecule has 0 spiro atoms. The van der Waals surface area contributed by atoms with Crippen LogP contribution in [0.4, 0.5) is 5.69 Å². The first-order valence-electron chi connectivity index (χ1n) is 8.94. The van der Waals surface area contributed by atoms with Gasteiger partial charge in [0.15, 0.2) is 22.4 Å². The van der Waals surface area contributed by atoms with Gasteiger partial charge in [0.05, 0.1) is 19.9 Å². The van der Waals surface area contributed by atoms with E-state index in [0.29, 0.717) is 40.8 Å². The van der Waals surface area contributed by atoms with Crippen LogP contribution in [0.25, 0.3) is 0 Å². The van der Waals surface area contributed by atoms with Crippen molar-refractivity contribution in [1.29, 1.82) is 0 Å². The molecule has 144 valence electrons. The van der Waals surface area contributed by atoms with Gasteiger partial charge in [0, 0.05) is 18.5 Å². The second-order valence-corrected chi connectivity index (χ2v) is 7.25. The van der Waals surface area contributed by atoms with Crippen molar-refractivity contribution in [2.45, 2.75) is 25.9 Å². The second kappa shape index (κ2) is 6.91. The number of methoxy groups -OCH3 is 2. The lowest BCUT2D eigenvalue weighted by Gasteiger charge is -2.31. The number of rotatable bonds is 4. The number of ether oxygens (including phenoxy) is 2. The van der Waals surface area contributed by atoms with E-state index in [2.05, 4.69) is 0 Å². The second-order valence-electron chi connectivity index (χ2n) is 6.89. The van der Waals surface area contributed by atoms with Crippen LogP contribution in [0.5, 0.6) is 11.5 Å². The molecule has 0 aromatic heterocycles. The predicted octanol–water partition coefficient (Wildman–Crippen LogP) is 2.96. The van der Waals surface area contributed by atoms with E-state index < -0.39 is 0 Å². The SMILES string of the molecule is COc1cc2c(cc1OC)CN1C(=S)N(c3cccc(C(C)=O)c3)C(=O)[C@@H]1C2. The standard InChI is InChI=1S/C21H20N2O4S/c1-12(24)13-5-4-6-16(7-13)23-20(25)17-8-14-9-18(26-2)19(27-3)10-15(14)11-22(17)21(23)28/h4-7,9-10,17H,8,11H2,1-3H3/t17-/m0/s1. The van der Waals surface area contributed by atoms with Gasteiger partial charge < -0.3 is 14.4 Å². The molecule has 0 aliphatic carbocycles. The van der Waals surface area contributed by atoms with E-state index in [-0.39, 0.29) is 17.7 Å². The fourth-order valence-electron chi connectivity index (χ4n) is 3.81. The molecule has 28 heavy (non-hydrogen) atoms. The maximum Gasteiger partial charge on any atom is 0.256 e. The summed E-state index contributed by atoms with van der Waals surface area (Å²) >= 11 is 5.64. The van der Waals surface area contributed by atoms with Crippen LogP contribution >= 0.6 is 12.2 Å². The number of benzene rings is 2. The van der Waals surface area contributed by atoms with Crippen molar-refractivity contribution in [3.8, 4) is 11.5 Å². The van der Waals surface area contributed by atoms with E-state index in [1.54, 1.807) is 38.5 Å². The summed E-state index contributed by atoms with van der Waals surface area (Å²) in [5.41, 5.74) is 3.28. The monoisotopic (exact) mass is 396 g/mol. The van der Waals surface area contributed by atoms with Gasteiger partial charge in [-0.2, -0.15) is 0 Å². The molecule has 0 bridgehead atoms. The Balaban J connectivity index is 1.70. The zero-order chi connectivity index (χ0) is 20.0. The highest BCUT2D eigenvalue weighted by molar-refractivity contribution is 7.80. The molecule has 1 saturated heterocycles. The van der Waals surface area contributed by atoms with Gasteiger partial charge in [-0.15, -0.1) is 0 Å². The first-order valence-corrected chi connectivity index (χ1v) is 9.34. The normalized spacial score (nSPS) is 18.0. The molecule has 2 aliphatic rings. The third-order valence-corrected chi connectivity index (χ3v) is 5.71. The Morgan fingerprint density at radius 3 is 2.43 bits per heavy atom. The van der Waals surface area contributed by atoms with Gasteiger partial charge in [-0.25, -0.2) is 0 Å². The van der Waals surface area contributed by atoms with Gasteiger partial charge >= 0.3 is 0 Å². The zero-order valence-corrected chi connectivity index (χ0v) is 16.7. The summed E-state index contributed by atoms with van der Waals surface area (Å²) in [6.07, 6.45) is 0.539. The molecule has 2 aromatic rings. The highest BCUT2D eigenvalue weighted by atomic mass is 32.1. The van der Waals surface area contributed by atoms with E-state index in [9.17, 15) is 9.59 Å². The lowest BCUT2D eigenvalue weighted by atomic mass is 9.94. The molecule has 0 radical (unpaired) electrons. The van der Waals surface area contributed by atoms with Gasteiger partial charge in [-0.1, -0.05) is 12.1 Å². The Kier molecular flexibility index (Phi) is 4.55. The molecule has 1 amide bonds. The highest BCUT2D eigenvalue weighted by Gasteiger charge is 2.45. The van der Waals surface area contributed by atoms with Crippen LogP contribution in [0.1, 0.15) is 28.4 Å². The van der Waals surface area contributed by atoms with Crippen LogP contribution in [0, 0.1) is 0 Å². The fourth-order valence-corrected chi connectivity index (χ4v) is 4.19. The number of nitrogens with zero attached hydrogens (tertiary/aromatic N) is 2. The number of thiocarbonyl (C=S) groups is 1. The summed E-state index contributed by atoms with van der Waals surface area (Å²) < 4.78 is 10.8. The summed E-state index contributed by atoms with van der Waals surface area (Å²) in [5, 5.41) is 0.455. The number of fused-ring (bicyclic) bond motifs is 2. The lowest BCUT2D eigenvalue weighted by Crippen LogP contribution is -2.40. The summed E-state index contributed by atoms with van der Waals surface area (Å²) in [6.45, 7) is 2.03. The van der Waals surface area contributed by atoms with E-state index in [4.69, 9.17) is 21.7 Å². The minimum atomic E-state index is -0.362. The molecule has 0 N–H and O–H groups in total. The molecule has 4 rings (SSSR count). The van der Waals surface area contributed by atoms with Crippen LogP contribution in [-0.2, 0) is 17.8 Å². The molecule has 1 fully saturated rings. The minimum absolute atomic E-state index is 0.0521. The Labute approximate surface area is 168 Å². The molecule has 1 atom stereocenters. The quantitative estimate of drug-likeness (QED) is 0.585. The first-order chi connectivity index (χ1) is 13.4. The Hall–Kier alpha value is -2.93. The molecule has 7 heteroatoms. The summed E-state index contributed by atoms with van der Waals surface area (Å²) in [4.78, 5) is 28.4. The Morgan fingerprint density at radius 2 is 1.79 bits per heavy atom. The van der Waals surface area contributed by atoms with Crippen molar-refractivity contribution in [2.24, 2.45) is 0 Å². The molecule has 2 aliphatic heterocycles. The van der Waals surface area contributed by atoms with E-state index >= 15 is 0 Å². The Bertz CT molecular complexity index is 953. The fraction of sp³-hybridized carbons (Fsp3) is 0.286. The summed E-state index contributed by atoms with van der Waals surface area (Å²) in [5.74, 6) is 1.17. The van der Waals surface area contributed by atoms with Crippen molar-refractivity contribution in [2.75, 3.05) is 19.1 Å². The molecule has 6 nitrogen and oxygen atoms in total. The lowest BCUT2D eigenvalue weighted by molar-refractivity contribution is -0.120. The average Bonchev–Trinajstić information content (AvgIpc) is 2.95.